The molecular formula is C10H9BrO2. The summed E-state index contributed by atoms with van der Waals surface area (Å²) in [5, 5.41) is 0.863. The fraction of sp³-hybridized carbons (Fsp3) is 0.200. The first kappa shape index (κ1) is 8.63. The van der Waals surface area contributed by atoms with Crippen LogP contribution in [0.4, 0.5) is 0 Å². The maximum atomic E-state index is 5.25. The number of allylic oxidation sites excluding steroid dienone is 1. The Balaban J connectivity index is 2.25. The molecule has 0 radical (unpaired) electrons. The van der Waals surface area contributed by atoms with Gasteiger partial charge in [-0.15, -0.1) is 0 Å². The molecule has 0 fully saturated rings. The van der Waals surface area contributed by atoms with E-state index in [1.807, 2.05) is 30.4 Å². The van der Waals surface area contributed by atoms with Gasteiger partial charge in [0, 0.05) is 5.33 Å². The molecule has 0 aromatic heterocycles. The molecule has 0 atom stereocenters. The third-order valence-corrected chi connectivity index (χ3v) is 2.17. The van der Waals surface area contributed by atoms with Crippen molar-refractivity contribution in [2.75, 3.05) is 12.1 Å². The van der Waals surface area contributed by atoms with E-state index in [1.165, 1.54) is 0 Å². The molecule has 3 heteroatoms. The maximum Gasteiger partial charge on any atom is 0.231 e. The molecule has 1 aromatic rings. The summed E-state index contributed by atoms with van der Waals surface area (Å²) < 4.78 is 10.5. The first-order valence-electron chi connectivity index (χ1n) is 4.02. The van der Waals surface area contributed by atoms with Gasteiger partial charge in [0.2, 0.25) is 6.79 Å². The average Bonchev–Trinajstić information content (AvgIpc) is 2.61. The molecule has 0 N–H and O–H groups in total. The predicted molar refractivity (Wildman–Crippen MR) is 55.4 cm³/mol. The zero-order valence-electron chi connectivity index (χ0n) is 7.00. The van der Waals surface area contributed by atoms with Gasteiger partial charge in [-0.25, -0.2) is 0 Å². The number of rotatable bonds is 2. The smallest absolute Gasteiger partial charge is 0.231 e. The minimum Gasteiger partial charge on any atom is -0.454 e. The molecule has 68 valence electrons. The van der Waals surface area contributed by atoms with E-state index in [1.54, 1.807) is 0 Å². The lowest BCUT2D eigenvalue weighted by Crippen LogP contribution is -1.92. The average molecular weight is 241 g/mol. The lowest BCUT2D eigenvalue weighted by atomic mass is 10.2. The molecule has 2 nitrogen and oxygen atoms in total. The van der Waals surface area contributed by atoms with Crippen LogP contribution in [0.25, 0.3) is 6.08 Å². The summed E-state index contributed by atoms with van der Waals surface area (Å²) in [4.78, 5) is 0. The summed E-state index contributed by atoms with van der Waals surface area (Å²) in [6, 6.07) is 5.91. The van der Waals surface area contributed by atoms with E-state index in [2.05, 4.69) is 15.9 Å². The Kier molecular flexibility index (Phi) is 2.54. The van der Waals surface area contributed by atoms with Gasteiger partial charge in [-0.2, -0.15) is 0 Å². The van der Waals surface area contributed by atoms with Crippen LogP contribution in [0.15, 0.2) is 24.3 Å². The van der Waals surface area contributed by atoms with Gasteiger partial charge in [0.25, 0.3) is 0 Å². The first-order chi connectivity index (χ1) is 6.40. The molecular weight excluding hydrogens is 232 g/mol. The Hall–Kier alpha value is -0.960. The van der Waals surface area contributed by atoms with Crippen LogP contribution in [0.5, 0.6) is 11.5 Å². The number of alkyl halides is 1. The molecule has 1 heterocycles. The van der Waals surface area contributed by atoms with Crippen molar-refractivity contribution < 1.29 is 9.47 Å². The Labute approximate surface area is 85.3 Å². The summed E-state index contributed by atoms with van der Waals surface area (Å²) >= 11 is 3.33. The summed E-state index contributed by atoms with van der Waals surface area (Å²) in [5.41, 5.74) is 1.13. The van der Waals surface area contributed by atoms with E-state index in [9.17, 15) is 0 Å². The van der Waals surface area contributed by atoms with Crippen LogP contribution < -0.4 is 9.47 Å². The number of halogens is 1. The van der Waals surface area contributed by atoms with Gasteiger partial charge in [-0.1, -0.05) is 34.1 Å². The Morgan fingerprint density at radius 2 is 2.15 bits per heavy atom. The molecule has 1 aromatic carbocycles. The summed E-state index contributed by atoms with van der Waals surface area (Å²) in [7, 11) is 0. The third kappa shape index (κ3) is 1.86. The quantitative estimate of drug-likeness (QED) is 0.741. The van der Waals surface area contributed by atoms with Crippen LogP contribution in [0.2, 0.25) is 0 Å². The Morgan fingerprint density at radius 1 is 1.31 bits per heavy atom. The van der Waals surface area contributed by atoms with Gasteiger partial charge in [0.1, 0.15) is 0 Å². The van der Waals surface area contributed by atoms with E-state index in [0.717, 1.165) is 22.4 Å². The second kappa shape index (κ2) is 3.83. The highest BCUT2D eigenvalue weighted by Crippen LogP contribution is 2.32. The van der Waals surface area contributed by atoms with Crippen molar-refractivity contribution in [3.63, 3.8) is 0 Å². The van der Waals surface area contributed by atoms with Gasteiger partial charge < -0.3 is 9.47 Å². The maximum absolute atomic E-state index is 5.25. The van der Waals surface area contributed by atoms with E-state index in [-0.39, 0.29) is 0 Å². The molecule has 0 saturated heterocycles. The van der Waals surface area contributed by atoms with Crippen molar-refractivity contribution in [1.82, 2.24) is 0 Å². The van der Waals surface area contributed by atoms with Gasteiger partial charge in [-0.05, 0) is 17.7 Å². The monoisotopic (exact) mass is 240 g/mol. The molecule has 2 rings (SSSR count). The number of benzene rings is 1. The standard InChI is InChI=1S/C10H9BrO2/c11-5-1-2-8-3-4-9-10(6-8)13-7-12-9/h1-4,6H,5,7H2. The van der Waals surface area contributed by atoms with Crippen molar-refractivity contribution in [1.29, 1.82) is 0 Å². The highest BCUT2D eigenvalue weighted by Gasteiger charge is 2.11. The predicted octanol–water partition coefficient (Wildman–Crippen LogP) is 2.82. The summed E-state index contributed by atoms with van der Waals surface area (Å²) in [6.45, 7) is 0.334. The molecule has 0 aliphatic carbocycles. The first-order valence-corrected chi connectivity index (χ1v) is 5.14. The summed E-state index contributed by atoms with van der Waals surface area (Å²) in [5.74, 6) is 1.66. The van der Waals surface area contributed by atoms with Gasteiger partial charge >= 0.3 is 0 Å². The normalized spacial score (nSPS) is 13.9. The lowest BCUT2D eigenvalue weighted by molar-refractivity contribution is 0.174. The fourth-order valence-corrected chi connectivity index (χ4v) is 1.38. The Bertz CT molecular complexity index is 334. The number of hydrogen-bond acceptors (Lipinski definition) is 2. The van der Waals surface area contributed by atoms with Gasteiger partial charge in [0.15, 0.2) is 11.5 Å². The molecule has 0 unspecified atom stereocenters. The number of ether oxygens (including phenoxy) is 2. The minimum absolute atomic E-state index is 0.334. The Morgan fingerprint density at radius 3 is 3.00 bits per heavy atom. The summed E-state index contributed by atoms with van der Waals surface area (Å²) in [6.07, 6.45) is 4.08. The number of hydrogen-bond donors (Lipinski definition) is 0. The van der Waals surface area contributed by atoms with Crippen molar-refractivity contribution in [2.45, 2.75) is 0 Å². The molecule has 13 heavy (non-hydrogen) atoms. The molecule has 0 spiro atoms. The van der Waals surface area contributed by atoms with E-state index < -0.39 is 0 Å². The fourth-order valence-electron chi connectivity index (χ4n) is 1.20. The number of fused-ring (bicyclic) bond motifs is 1. The molecule has 0 saturated carbocycles. The van der Waals surface area contributed by atoms with E-state index in [4.69, 9.17) is 9.47 Å². The molecule has 0 bridgehead atoms. The van der Waals surface area contributed by atoms with Crippen LogP contribution in [0.1, 0.15) is 5.56 Å². The van der Waals surface area contributed by atoms with E-state index in [0.29, 0.717) is 6.79 Å². The molecule has 0 amide bonds. The van der Waals surface area contributed by atoms with Crippen molar-refractivity contribution in [3.8, 4) is 11.5 Å². The molecule has 1 aliphatic rings. The van der Waals surface area contributed by atoms with Crippen LogP contribution in [-0.4, -0.2) is 12.1 Å². The molecule has 1 aliphatic heterocycles. The third-order valence-electron chi connectivity index (χ3n) is 1.80. The second-order valence-corrected chi connectivity index (χ2v) is 3.32. The van der Waals surface area contributed by atoms with Crippen molar-refractivity contribution in [3.05, 3.63) is 29.8 Å². The minimum atomic E-state index is 0.334. The van der Waals surface area contributed by atoms with Gasteiger partial charge in [0.05, 0.1) is 0 Å². The SMILES string of the molecule is BrCC=Cc1ccc2c(c1)OCO2. The van der Waals surface area contributed by atoms with Crippen molar-refractivity contribution in [2.24, 2.45) is 0 Å². The zero-order valence-corrected chi connectivity index (χ0v) is 8.58. The van der Waals surface area contributed by atoms with Gasteiger partial charge in [-0.3, -0.25) is 0 Å². The second-order valence-electron chi connectivity index (χ2n) is 2.67. The van der Waals surface area contributed by atoms with Crippen LogP contribution in [0.3, 0.4) is 0 Å². The van der Waals surface area contributed by atoms with Crippen LogP contribution in [0, 0.1) is 0 Å². The highest BCUT2D eigenvalue weighted by atomic mass is 79.9. The largest absolute Gasteiger partial charge is 0.454 e. The van der Waals surface area contributed by atoms with E-state index >= 15 is 0 Å². The van der Waals surface area contributed by atoms with Crippen LogP contribution in [-0.2, 0) is 0 Å². The van der Waals surface area contributed by atoms with Crippen molar-refractivity contribution >= 4 is 22.0 Å². The van der Waals surface area contributed by atoms with Crippen LogP contribution >= 0.6 is 15.9 Å². The lowest BCUT2D eigenvalue weighted by Gasteiger charge is -1.96. The topological polar surface area (TPSA) is 18.5 Å². The highest BCUT2D eigenvalue weighted by molar-refractivity contribution is 9.09. The zero-order chi connectivity index (χ0) is 9.10.